The highest BCUT2D eigenvalue weighted by atomic mass is 32.2. The molecule has 0 aliphatic rings. The lowest BCUT2D eigenvalue weighted by molar-refractivity contribution is -0.104. The van der Waals surface area contributed by atoms with Crippen molar-refractivity contribution in [3.63, 3.8) is 0 Å². The second kappa shape index (κ2) is 6.22. The van der Waals surface area contributed by atoms with Crippen molar-refractivity contribution in [3.05, 3.63) is 71.1 Å². The van der Waals surface area contributed by atoms with Crippen LogP contribution in [0.2, 0.25) is 0 Å². The normalized spacial score (nSPS) is 11.8. The van der Waals surface area contributed by atoms with Crippen LogP contribution in [0.25, 0.3) is 5.57 Å². The summed E-state index contributed by atoms with van der Waals surface area (Å²) in [5.41, 5.74) is 2.10. The van der Waals surface area contributed by atoms with Gasteiger partial charge < -0.3 is 0 Å². The van der Waals surface area contributed by atoms with Gasteiger partial charge in [0.2, 0.25) is 0 Å². The van der Waals surface area contributed by atoms with E-state index in [0.717, 1.165) is 27.2 Å². The fourth-order valence-electron chi connectivity index (χ4n) is 1.63. The number of aldehydes is 1. The third kappa shape index (κ3) is 3.11. The summed E-state index contributed by atoms with van der Waals surface area (Å²) in [5, 5.41) is 0. The largest absolute Gasteiger partial charge is 0.297 e. The molecule has 0 aromatic heterocycles. The Morgan fingerprint density at radius 2 is 1.50 bits per heavy atom. The zero-order valence-electron chi connectivity index (χ0n) is 10.2. The minimum atomic E-state index is 0.757. The van der Waals surface area contributed by atoms with E-state index in [1.807, 2.05) is 67.6 Å². The number of rotatable bonds is 4. The summed E-state index contributed by atoms with van der Waals surface area (Å²) in [6.07, 6.45) is 0.931. The van der Waals surface area contributed by atoms with Crippen LogP contribution in [0.5, 0.6) is 0 Å². The van der Waals surface area contributed by atoms with Crippen LogP contribution in [0, 0.1) is 0 Å². The number of carbonyl (C=O) groups excluding carboxylic acids is 1. The summed E-state index contributed by atoms with van der Waals surface area (Å²) in [6.45, 7) is 1.98. The molecule has 0 amide bonds. The van der Waals surface area contributed by atoms with Gasteiger partial charge in [-0.3, -0.25) is 4.79 Å². The maximum absolute atomic E-state index is 11.2. The Balaban J connectivity index is 2.30. The van der Waals surface area contributed by atoms with E-state index >= 15 is 0 Å². The fourth-order valence-corrected chi connectivity index (χ4v) is 2.50. The van der Waals surface area contributed by atoms with Crippen molar-refractivity contribution in [1.29, 1.82) is 0 Å². The van der Waals surface area contributed by atoms with Crippen molar-refractivity contribution in [2.75, 3.05) is 0 Å². The molecule has 0 saturated heterocycles. The molecule has 2 aromatic rings. The summed E-state index contributed by atoms with van der Waals surface area (Å²) in [6, 6.07) is 19.9. The third-order valence-electron chi connectivity index (χ3n) is 2.65. The Morgan fingerprint density at radius 1 is 0.944 bits per heavy atom. The number of carbonyl (C=O) groups is 1. The first-order chi connectivity index (χ1) is 8.81. The summed E-state index contributed by atoms with van der Waals surface area (Å²) in [7, 11) is 0. The van der Waals surface area contributed by atoms with Gasteiger partial charge in [-0.2, -0.15) is 0 Å². The van der Waals surface area contributed by atoms with Gasteiger partial charge in [0.25, 0.3) is 0 Å². The van der Waals surface area contributed by atoms with E-state index in [2.05, 4.69) is 0 Å². The summed E-state index contributed by atoms with van der Waals surface area (Å²) >= 11 is 1.50. The van der Waals surface area contributed by atoms with Crippen molar-refractivity contribution in [2.45, 2.75) is 11.8 Å². The first kappa shape index (κ1) is 12.7. The first-order valence-electron chi connectivity index (χ1n) is 5.75. The van der Waals surface area contributed by atoms with Crippen molar-refractivity contribution in [2.24, 2.45) is 0 Å². The maximum atomic E-state index is 11.2. The summed E-state index contributed by atoms with van der Waals surface area (Å²) in [5.74, 6) is 0. The van der Waals surface area contributed by atoms with Crippen molar-refractivity contribution in [3.8, 4) is 0 Å². The van der Waals surface area contributed by atoms with Crippen molar-refractivity contribution < 1.29 is 4.79 Å². The van der Waals surface area contributed by atoms with Gasteiger partial charge in [0, 0.05) is 4.90 Å². The Hall–Kier alpha value is -1.80. The minimum absolute atomic E-state index is 0.757. The topological polar surface area (TPSA) is 17.1 Å². The van der Waals surface area contributed by atoms with E-state index in [-0.39, 0.29) is 0 Å². The molecule has 0 fully saturated rings. The number of thioether (sulfide) groups is 1. The number of hydrogen-bond acceptors (Lipinski definition) is 2. The van der Waals surface area contributed by atoms with Crippen LogP contribution >= 0.6 is 11.8 Å². The van der Waals surface area contributed by atoms with E-state index in [1.165, 1.54) is 11.8 Å². The third-order valence-corrected chi connectivity index (χ3v) is 3.78. The molecule has 0 N–H and O–H groups in total. The quantitative estimate of drug-likeness (QED) is 0.457. The number of benzene rings is 2. The molecule has 2 heteroatoms. The zero-order chi connectivity index (χ0) is 12.8. The Bertz CT molecular complexity index is 544. The molecular weight excluding hydrogens is 240 g/mol. The highest BCUT2D eigenvalue weighted by molar-refractivity contribution is 8.04. The van der Waals surface area contributed by atoms with E-state index in [1.54, 1.807) is 0 Å². The van der Waals surface area contributed by atoms with Gasteiger partial charge in [0.05, 0.1) is 4.91 Å². The SMILES string of the molecule is C/C(=C(\C=O)Sc1ccccc1)c1ccccc1. The molecule has 0 bridgehead atoms. The average molecular weight is 254 g/mol. The van der Waals surface area contributed by atoms with E-state index in [4.69, 9.17) is 0 Å². The number of hydrogen-bond donors (Lipinski definition) is 0. The molecule has 0 heterocycles. The summed E-state index contributed by atoms with van der Waals surface area (Å²) < 4.78 is 0. The predicted molar refractivity (Wildman–Crippen MR) is 77.4 cm³/mol. The van der Waals surface area contributed by atoms with Crippen LogP contribution in [-0.4, -0.2) is 6.29 Å². The molecule has 90 valence electrons. The van der Waals surface area contributed by atoms with E-state index in [0.29, 0.717) is 0 Å². The highest BCUT2D eigenvalue weighted by Gasteiger charge is 2.05. The van der Waals surface area contributed by atoms with Crippen molar-refractivity contribution in [1.82, 2.24) is 0 Å². The fraction of sp³-hybridized carbons (Fsp3) is 0.0625. The molecule has 0 atom stereocenters. The highest BCUT2D eigenvalue weighted by Crippen LogP contribution is 2.30. The lowest BCUT2D eigenvalue weighted by Gasteiger charge is -2.06. The van der Waals surface area contributed by atoms with Crippen molar-refractivity contribution >= 4 is 23.6 Å². The molecule has 0 aliphatic heterocycles. The Morgan fingerprint density at radius 3 is 2.06 bits per heavy atom. The van der Waals surface area contributed by atoms with Crippen LogP contribution in [0.1, 0.15) is 12.5 Å². The molecule has 2 rings (SSSR count). The lowest BCUT2D eigenvalue weighted by atomic mass is 10.1. The van der Waals surface area contributed by atoms with Crippen LogP contribution in [-0.2, 0) is 4.79 Å². The van der Waals surface area contributed by atoms with Gasteiger partial charge in [-0.15, -0.1) is 0 Å². The Kier molecular flexibility index (Phi) is 4.37. The van der Waals surface area contributed by atoms with Crippen LogP contribution < -0.4 is 0 Å². The molecular formula is C16H14OS. The average Bonchev–Trinajstić information content (AvgIpc) is 2.46. The summed E-state index contributed by atoms with van der Waals surface area (Å²) in [4.78, 5) is 13.1. The van der Waals surface area contributed by atoms with Crippen LogP contribution in [0.15, 0.2) is 70.5 Å². The molecule has 18 heavy (non-hydrogen) atoms. The molecule has 0 radical (unpaired) electrons. The first-order valence-corrected chi connectivity index (χ1v) is 6.57. The van der Waals surface area contributed by atoms with E-state index < -0.39 is 0 Å². The maximum Gasteiger partial charge on any atom is 0.157 e. The molecule has 1 nitrogen and oxygen atoms in total. The smallest absolute Gasteiger partial charge is 0.157 e. The van der Waals surface area contributed by atoms with Crippen LogP contribution in [0.4, 0.5) is 0 Å². The molecule has 0 aliphatic carbocycles. The Labute approximate surface area is 112 Å². The standard InChI is InChI=1S/C16H14OS/c1-13(14-8-4-2-5-9-14)16(12-17)18-15-10-6-3-7-11-15/h2-12H,1H3/b16-13-. The molecule has 0 spiro atoms. The van der Waals surface area contributed by atoms with Gasteiger partial charge in [-0.1, -0.05) is 60.3 Å². The molecule has 0 unspecified atom stereocenters. The van der Waals surface area contributed by atoms with Gasteiger partial charge in [-0.25, -0.2) is 0 Å². The van der Waals surface area contributed by atoms with E-state index in [9.17, 15) is 4.79 Å². The minimum Gasteiger partial charge on any atom is -0.297 e. The molecule has 0 saturated carbocycles. The zero-order valence-corrected chi connectivity index (χ0v) is 11.0. The molecule has 2 aromatic carbocycles. The van der Waals surface area contributed by atoms with Gasteiger partial charge in [0.15, 0.2) is 6.29 Å². The van der Waals surface area contributed by atoms with Crippen LogP contribution in [0.3, 0.4) is 0 Å². The number of allylic oxidation sites excluding steroid dienone is 2. The van der Waals surface area contributed by atoms with Gasteiger partial charge in [-0.05, 0) is 30.2 Å². The second-order valence-electron chi connectivity index (χ2n) is 3.89. The predicted octanol–water partition coefficient (Wildman–Crippen LogP) is 4.41. The second-order valence-corrected chi connectivity index (χ2v) is 5.00. The monoisotopic (exact) mass is 254 g/mol. The van der Waals surface area contributed by atoms with Gasteiger partial charge >= 0.3 is 0 Å². The lowest BCUT2D eigenvalue weighted by Crippen LogP contribution is -1.87. The van der Waals surface area contributed by atoms with Gasteiger partial charge in [0.1, 0.15) is 0 Å².